The molecule has 117 heavy (non-hydrogen) atoms. The fraction of sp³-hybridized carbons (Fsp3) is 0.00917. The smallest absolute Gasteiger partial charge is 0.164 e. The van der Waals surface area contributed by atoms with Crippen LogP contribution in [0.4, 0.5) is 0 Å². The van der Waals surface area contributed by atoms with Gasteiger partial charge in [0.2, 0.25) is 0 Å². The van der Waals surface area contributed by atoms with Gasteiger partial charge in [0, 0.05) is 67.7 Å². The monoisotopic (exact) mass is 1490 g/mol. The van der Waals surface area contributed by atoms with Gasteiger partial charge >= 0.3 is 0 Å². The number of aryl methyl sites for hydroxylation is 1. The van der Waals surface area contributed by atoms with Gasteiger partial charge in [0.25, 0.3) is 0 Å². The van der Waals surface area contributed by atoms with Crippen molar-refractivity contribution in [3.8, 4) is 180 Å². The van der Waals surface area contributed by atoms with Crippen molar-refractivity contribution in [3.63, 3.8) is 0 Å². The van der Waals surface area contributed by atoms with Crippen molar-refractivity contribution >= 4 is 43.7 Å². The first-order valence-electron chi connectivity index (χ1n) is 39.5. The Kier molecular flexibility index (Phi) is 17.7. The van der Waals surface area contributed by atoms with E-state index in [1.165, 1.54) is 0 Å². The molecule has 17 aromatic carbocycles. The lowest BCUT2D eigenvalue weighted by atomic mass is 9.95. The van der Waals surface area contributed by atoms with Gasteiger partial charge in [0.05, 0.1) is 16.4 Å². The summed E-state index contributed by atoms with van der Waals surface area (Å²) in [5.41, 5.74) is 30.0. The molecule has 0 N–H and O–H groups in total. The molecular weight excluding hydrogens is 1420 g/mol. The van der Waals surface area contributed by atoms with E-state index in [0.717, 1.165) is 188 Å². The number of furan rings is 1. The maximum atomic E-state index is 7.11. The van der Waals surface area contributed by atoms with E-state index in [2.05, 4.69) is 418 Å². The lowest BCUT2D eigenvalue weighted by molar-refractivity contribution is 0.673. The zero-order chi connectivity index (χ0) is 77.7. The summed E-state index contributed by atoms with van der Waals surface area (Å²) in [5, 5.41) is 4.10. The van der Waals surface area contributed by atoms with E-state index in [4.69, 9.17) is 34.3 Å². The molecule has 0 fully saturated rings. The summed E-state index contributed by atoms with van der Waals surface area (Å²) in [4.78, 5) is 33.3. The maximum absolute atomic E-state index is 7.11. The molecule has 8 nitrogen and oxygen atoms in total. The molecule has 21 rings (SSSR count). The Morgan fingerprint density at radius 2 is 0.419 bits per heavy atom. The van der Waals surface area contributed by atoms with Gasteiger partial charge < -0.3 is 8.98 Å². The fourth-order valence-corrected chi connectivity index (χ4v) is 16.7. The third-order valence-corrected chi connectivity index (χ3v) is 22.4. The average Bonchev–Trinajstić information content (AvgIpc) is 1.53. The van der Waals surface area contributed by atoms with Crippen molar-refractivity contribution < 1.29 is 4.42 Å². The Morgan fingerprint density at radius 3 is 0.744 bits per heavy atom. The molecule has 0 saturated heterocycles. The molecule has 4 heterocycles. The summed E-state index contributed by atoms with van der Waals surface area (Å²) in [5.74, 6) is 3.28. The number of hydrogen-bond donors (Lipinski definition) is 0. The Balaban J connectivity index is 0.747. The molecule has 0 aliphatic carbocycles. The van der Waals surface area contributed by atoms with E-state index in [1.807, 2.05) is 6.07 Å². The third-order valence-electron chi connectivity index (χ3n) is 22.4. The number of para-hydroxylation sites is 2. The summed E-state index contributed by atoms with van der Waals surface area (Å²) in [6, 6.07) is 146. The predicted molar refractivity (Wildman–Crippen MR) is 481 cm³/mol. The molecule has 0 aliphatic rings. The summed E-state index contributed by atoms with van der Waals surface area (Å²) in [6.07, 6.45) is 0. The minimum atomic E-state index is 0.535. The first kappa shape index (κ1) is 69.3. The molecule has 0 atom stereocenters. The molecule has 548 valence electrons. The second-order valence-corrected chi connectivity index (χ2v) is 29.8. The lowest BCUT2D eigenvalue weighted by Gasteiger charge is -2.15. The third kappa shape index (κ3) is 13.4. The van der Waals surface area contributed by atoms with Gasteiger partial charge in [-0.3, -0.25) is 0 Å². The van der Waals surface area contributed by atoms with Gasteiger partial charge in [0.15, 0.2) is 34.9 Å². The minimum Gasteiger partial charge on any atom is -0.455 e. The second-order valence-electron chi connectivity index (χ2n) is 29.8. The molecule has 8 heteroatoms. The Bertz CT molecular complexity index is 6820. The molecule has 0 bridgehead atoms. The van der Waals surface area contributed by atoms with E-state index < -0.39 is 0 Å². The molecule has 0 saturated carbocycles. The standard InChI is InChI=1S/C109H71N7O/c1-116-101-94(78-47-28-49-80(55-78)104-110-106(90-61-82(70-31-10-2-11-32-70)57-83(62-90)71-33-12-3-13-34-71)114-107(111-104)91-63-84(72-35-14-4-15-36-72)58-85(64-91)73-37-16-5-17-38-73)52-30-53-96(101)100-102(116)97(69-98-95-51-26-27-54-99(95)117-103(98)100)79-48-29-50-81(56-79)105-112-108(92-65-86(74-39-18-6-19-40-74)59-87(66-92)75-41-20-7-21-42-75)115-109(113-105)93-67-88(76-43-22-8-23-44-76)60-89(68-93)77-45-24-9-25-46-77/h2-69H,1H3. The molecule has 0 aliphatic heterocycles. The normalized spacial score (nSPS) is 11.5. The molecule has 21 aromatic rings. The molecule has 0 radical (unpaired) electrons. The van der Waals surface area contributed by atoms with Crippen LogP contribution in [0.25, 0.3) is 223 Å². The Hall–Kier alpha value is -15.6. The van der Waals surface area contributed by atoms with E-state index in [1.54, 1.807) is 0 Å². The Labute approximate surface area is 677 Å². The highest BCUT2D eigenvalue weighted by Gasteiger charge is 2.26. The van der Waals surface area contributed by atoms with Crippen LogP contribution in [0.15, 0.2) is 417 Å². The zero-order valence-electron chi connectivity index (χ0n) is 63.8. The fourth-order valence-electron chi connectivity index (χ4n) is 16.7. The van der Waals surface area contributed by atoms with Crippen LogP contribution in [0.3, 0.4) is 0 Å². The topological polar surface area (TPSA) is 95.4 Å². The van der Waals surface area contributed by atoms with E-state index in [0.29, 0.717) is 34.9 Å². The van der Waals surface area contributed by atoms with E-state index in [9.17, 15) is 0 Å². The number of rotatable bonds is 16. The van der Waals surface area contributed by atoms with Crippen LogP contribution < -0.4 is 0 Å². The Morgan fingerprint density at radius 1 is 0.179 bits per heavy atom. The molecule has 0 unspecified atom stereocenters. The van der Waals surface area contributed by atoms with E-state index in [-0.39, 0.29) is 0 Å². The highest BCUT2D eigenvalue weighted by Crippen LogP contribution is 2.48. The first-order valence-corrected chi connectivity index (χ1v) is 39.5. The van der Waals surface area contributed by atoms with Gasteiger partial charge in [-0.05, 0) is 197 Å². The SMILES string of the molecule is Cn1c2c(-c3cccc(-c4nc(-c5cc(-c6ccccc6)cc(-c6ccccc6)c5)nc(-c5cc(-c6ccccc6)cc(-c6ccccc6)c5)n4)c3)cccc2c2c3oc4ccccc4c3cc(-c3cccc(-c4nc(-c5cc(-c6ccccc6)cc(-c6ccccc6)c5)nc(-c5cc(-c6ccccc6)cc(-c6ccccc6)c5)n4)c3)c21. The van der Waals surface area contributed by atoms with Crippen LogP contribution in [0.5, 0.6) is 0 Å². The number of aromatic nitrogens is 7. The average molecular weight is 1490 g/mol. The largest absolute Gasteiger partial charge is 0.455 e. The zero-order valence-corrected chi connectivity index (χ0v) is 63.8. The predicted octanol–water partition coefficient (Wildman–Crippen LogP) is 28.3. The van der Waals surface area contributed by atoms with Crippen molar-refractivity contribution in [1.82, 2.24) is 34.5 Å². The first-order chi connectivity index (χ1) is 57.8. The van der Waals surface area contributed by atoms with Crippen LogP contribution in [0, 0.1) is 0 Å². The molecule has 0 amide bonds. The molecule has 4 aromatic heterocycles. The van der Waals surface area contributed by atoms with Crippen LogP contribution in [-0.2, 0) is 7.05 Å². The molecular formula is C109H71N7O. The van der Waals surface area contributed by atoms with Gasteiger partial charge in [-0.25, -0.2) is 29.9 Å². The summed E-state index contributed by atoms with van der Waals surface area (Å²) in [7, 11) is 2.19. The second kappa shape index (κ2) is 29.8. The number of benzene rings is 17. The van der Waals surface area contributed by atoms with Crippen molar-refractivity contribution in [1.29, 1.82) is 0 Å². The minimum absolute atomic E-state index is 0.535. The maximum Gasteiger partial charge on any atom is 0.164 e. The van der Waals surface area contributed by atoms with Gasteiger partial charge in [-0.15, -0.1) is 0 Å². The quantitative estimate of drug-likeness (QED) is 0.0951. The van der Waals surface area contributed by atoms with Crippen LogP contribution in [-0.4, -0.2) is 34.5 Å². The van der Waals surface area contributed by atoms with Crippen LogP contribution in [0.1, 0.15) is 0 Å². The van der Waals surface area contributed by atoms with Crippen LogP contribution >= 0.6 is 0 Å². The highest BCUT2D eigenvalue weighted by molar-refractivity contribution is 6.28. The lowest BCUT2D eigenvalue weighted by Crippen LogP contribution is -2.01. The van der Waals surface area contributed by atoms with Gasteiger partial charge in [0.1, 0.15) is 11.2 Å². The summed E-state index contributed by atoms with van der Waals surface area (Å²) >= 11 is 0. The van der Waals surface area contributed by atoms with Crippen molar-refractivity contribution in [2.75, 3.05) is 0 Å². The van der Waals surface area contributed by atoms with Crippen molar-refractivity contribution in [2.24, 2.45) is 7.05 Å². The number of fused-ring (bicyclic) bond motifs is 7. The number of nitrogens with zero attached hydrogens (tertiary/aromatic N) is 7. The van der Waals surface area contributed by atoms with Gasteiger partial charge in [-0.2, -0.15) is 0 Å². The van der Waals surface area contributed by atoms with E-state index >= 15 is 0 Å². The van der Waals surface area contributed by atoms with Gasteiger partial charge in [-0.1, -0.05) is 315 Å². The summed E-state index contributed by atoms with van der Waals surface area (Å²) in [6.45, 7) is 0. The highest BCUT2D eigenvalue weighted by atomic mass is 16.3. The van der Waals surface area contributed by atoms with Crippen molar-refractivity contribution in [3.05, 3.63) is 413 Å². The number of hydrogen-bond acceptors (Lipinski definition) is 7. The summed E-state index contributed by atoms with van der Waals surface area (Å²) < 4.78 is 9.48. The van der Waals surface area contributed by atoms with Crippen LogP contribution in [0.2, 0.25) is 0 Å². The molecule has 0 spiro atoms. The van der Waals surface area contributed by atoms with Crippen molar-refractivity contribution in [2.45, 2.75) is 0 Å².